The zero-order chi connectivity index (χ0) is 5.70. The van der Waals surface area contributed by atoms with Gasteiger partial charge in [-0.05, 0) is 0 Å². The van der Waals surface area contributed by atoms with Gasteiger partial charge in [0.25, 0.3) is 0 Å². The van der Waals surface area contributed by atoms with Crippen molar-refractivity contribution in [1.29, 1.82) is 5.53 Å². The Morgan fingerprint density at radius 3 is 2.29 bits per heavy atom. The second-order valence-corrected chi connectivity index (χ2v) is 2.17. The molecule has 0 saturated carbocycles. The molecule has 0 bridgehead atoms. The predicted molar refractivity (Wildman–Crippen MR) is 26.2 cm³/mol. The molecule has 0 aromatic rings. The molecule has 0 atom stereocenters. The molecular weight excluding hydrogens is 115 g/mol. The quantitative estimate of drug-likeness (QED) is 0.372. The van der Waals surface area contributed by atoms with Gasteiger partial charge in [-0.1, -0.05) is 0 Å². The summed E-state index contributed by atoms with van der Waals surface area (Å²) in [6, 6.07) is 0. The van der Waals surface area contributed by atoms with Crippen LogP contribution in [0.1, 0.15) is 0 Å². The van der Waals surface area contributed by atoms with E-state index in [0.717, 1.165) is 0 Å². The highest BCUT2D eigenvalue weighted by molar-refractivity contribution is 7.45. The van der Waals surface area contributed by atoms with Crippen molar-refractivity contribution in [3.05, 3.63) is 0 Å². The van der Waals surface area contributed by atoms with E-state index in [1.807, 2.05) is 0 Å². The highest BCUT2D eigenvalue weighted by atomic mass is 31.2. The number of nitrogens with one attached hydrogen (secondary N) is 1. The van der Waals surface area contributed by atoms with Crippen molar-refractivity contribution in [3.8, 4) is 0 Å². The average molecular weight is 122 g/mol. The molecule has 7 heavy (non-hydrogen) atoms. The maximum Gasteiger partial charge on any atom is 0.166 e. The van der Waals surface area contributed by atoms with Gasteiger partial charge < -0.3 is 9.79 Å². The van der Waals surface area contributed by atoms with E-state index in [2.05, 4.69) is 5.11 Å². The van der Waals surface area contributed by atoms with Crippen LogP contribution in [0.5, 0.6) is 0 Å². The molecule has 0 heterocycles. The number of hydrogen-bond acceptors (Lipinski definition) is 4. The van der Waals surface area contributed by atoms with Crippen LogP contribution < -0.4 is 0 Å². The molecule has 42 valence electrons. The second kappa shape index (κ2) is 4.12. The van der Waals surface area contributed by atoms with Crippen LogP contribution in [0.15, 0.2) is 5.11 Å². The highest BCUT2D eigenvalue weighted by Gasteiger charge is 1.93. The molecule has 0 saturated heterocycles. The van der Waals surface area contributed by atoms with Crippen LogP contribution >= 0.6 is 8.38 Å². The molecule has 0 rings (SSSR count). The molecule has 0 spiro atoms. The summed E-state index contributed by atoms with van der Waals surface area (Å²) in [6.07, 6.45) is 0.221. The monoisotopic (exact) mass is 122 g/mol. The number of rotatable bonds is 3. The molecule has 0 aliphatic carbocycles. The van der Waals surface area contributed by atoms with Crippen LogP contribution in [0.4, 0.5) is 0 Å². The molecule has 0 radical (unpaired) electrons. The molecule has 5 heteroatoms. The van der Waals surface area contributed by atoms with Crippen LogP contribution in [0.25, 0.3) is 0 Å². The first kappa shape index (κ1) is 6.95. The van der Waals surface area contributed by atoms with Crippen LogP contribution in [0, 0.1) is 5.53 Å². The van der Waals surface area contributed by atoms with Gasteiger partial charge in [0.15, 0.2) is 8.38 Å². The summed E-state index contributed by atoms with van der Waals surface area (Å²) in [4.78, 5) is 16.3. The summed E-state index contributed by atoms with van der Waals surface area (Å²) < 4.78 is 0. The fourth-order valence-electron chi connectivity index (χ4n) is 0.139. The van der Waals surface area contributed by atoms with Gasteiger partial charge >= 0.3 is 0 Å². The first-order valence-electron chi connectivity index (χ1n) is 1.76. The maximum atomic E-state index is 8.16. The highest BCUT2D eigenvalue weighted by Crippen LogP contribution is 2.20. The maximum absolute atomic E-state index is 8.16. The number of nitrogens with zero attached hydrogens (tertiary/aromatic N) is 1. The van der Waals surface area contributed by atoms with E-state index in [1.54, 1.807) is 0 Å². The Labute approximate surface area is 42.6 Å². The third-order valence-electron chi connectivity index (χ3n) is 0.412. The lowest BCUT2D eigenvalue weighted by Gasteiger charge is -1.93. The minimum atomic E-state index is -1.82. The van der Waals surface area contributed by atoms with Crippen LogP contribution in [0.3, 0.4) is 0 Å². The zero-order valence-corrected chi connectivity index (χ0v) is 4.60. The van der Waals surface area contributed by atoms with Gasteiger partial charge in [0.05, 0.1) is 6.54 Å². The van der Waals surface area contributed by atoms with Gasteiger partial charge in [0, 0.05) is 6.16 Å². The summed E-state index contributed by atoms with van der Waals surface area (Å²) in [5, 5.41) is 2.92. The normalized spacial score (nSPS) is 9.57. The topological polar surface area (TPSA) is 76.7 Å². The van der Waals surface area contributed by atoms with E-state index < -0.39 is 8.38 Å². The largest absolute Gasteiger partial charge is 0.350 e. The van der Waals surface area contributed by atoms with Gasteiger partial charge in [-0.25, -0.2) is 5.53 Å². The van der Waals surface area contributed by atoms with Crippen molar-refractivity contribution in [2.24, 2.45) is 5.11 Å². The zero-order valence-electron chi connectivity index (χ0n) is 3.70. The molecule has 0 fully saturated rings. The minimum absolute atomic E-state index is 0.221. The van der Waals surface area contributed by atoms with Gasteiger partial charge in [-0.3, -0.25) is 0 Å². The second-order valence-electron chi connectivity index (χ2n) is 0.978. The van der Waals surface area contributed by atoms with Crippen LogP contribution in [-0.4, -0.2) is 22.5 Å². The van der Waals surface area contributed by atoms with Crippen molar-refractivity contribution in [3.63, 3.8) is 0 Å². The summed E-state index contributed by atoms with van der Waals surface area (Å²) >= 11 is 0. The third kappa shape index (κ3) is 5.95. The Morgan fingerprint density at radius 1 is 1.57 bits per heavy atom. The predicted octanol–water partition coefficient (Wildman–Crippen LogP) is 0.314. The standard InChI is InChI=1S/C2H7N2O2P/c3-4-1-2-7(5)6/h3,5-6H,1-2H2. The number of hydrogen-bond donors (Lipinski definition) is 3. The Balaban J connectivity index is 2.81. The Kier molecular flexibility index (Phi) is 4.09. The van der Waals surface area contributed by atoms with Gasteiger partial charge in [0.1, 0.15) is 0 Å². The lowest BCUT2D eigenvalue weighted by Crippen LogP contribution is -1.84. The third-order valence-corrected chi connectivity index (χ3v) is 1.01. The summed E-state index contributed by atoms with van der Waals surface area (Å²) in [7, 11) is -1.82. The molecule has 4 nitrogen and oxygen atoms in total. The fourth-order valence-corrected chi connectivity index (χ4v) is 0.418. The van der Waals surface area contributed by atoms with Gasteiger partial charge in [0.2, 0.25) is 0 Å². The van der Waals surface area contributed by atoms with Crippen LogP contribution in [0.2, 0.25) is 0 Å². The van der Waals surface area contributed by atoms with Crippen molar-refractivity contribution in [1.82, 2.24) is 0 Å². The first-order valence-corrected chi connectivity index (χ1v) is 3.19. The molecule has 3 N–H and O–H groups in total. The summed E-state index contributed by atoms with van der Waals surface area (Å²) in [5.41, 5.74) is 6.21. The van der Waals surface area contributed by atoms with Crippen molar-refractivity contribution in [2.75, 3.05) is 12.7 Å². The molecular formula is C2H7N2O2P. The minimum Gasteiger partial charge on any atom is -0.350 e. The lowest BCUT2D eigenvalue weighted by atomic mass is 10.8. The molecule has 0 amide bonds. The molecule has 0 aliphatic heterocycles. The summed E-state index contributed by atoms with van der Waals surface area (Å²) in [5.74, 6) is 0. The van der Waals surface area contributed by atoms with E-state index in [-0.39, 0.29) is 12.7 Å². The van der Waals surface area contributed by atoms with Crippen LogP contribution in [-0.2, 0) is 0 Å². The Hall–Kier alpha value is -0.0500. The van der Waals surface area contributed by atoms with E-state index in [4.69, 9.17) is 15.3 Å². The van der Waals surface area contributed by atoms with Gasteiger partial charge in [-0.15, -0.1) is 0 Å². The fraction of sp³-hybridized carbons (Fsp3) is 1.00. The first-order chi connectivity index (χ1) is 3.27. The van der Waals surface area contributed by atoms with Gasteiger partial charge in [-0.2, -0.15) is 5.11 Å². The molecule has 0 aliphatic rings. The van der Waals surface area contributed by atoms with E-state index >= 15 is 0 Å². The van der Waals surface area contributed by atoms with E-state index in [9.17, 15) is 0 Å². The van der Waals surface area contributed by atoms with Crippen molar-refractivity contribution >= 4 is 8.38 Å². The Bertz CT molecular complexity index is 57.7. The Morgan fingerprint density at radius 2 is 2.14 bits per heavy atom. The lowest BCUT2D eigenvalue weighted by molar-refractivity contribution is 0.482. The average Bonchev–Trinajstić information content (AvgIpc) is 1.61. The SMILES string of the molecule is N=NCCP(O)O. The molecule has 0 unspecified atom stereocenters. The van der Waals surface area contributed by atoms with E-state index in [0.29, 0.717) is 0 Å². The molecule has 0 aromatic carbocycles. The van der Waals surface area contributed by atoms with E-state index in [1.165, 1.54) is 0 Å². The molecule has 0 aromatic heterocycles. The van der Waals surface area contributed by atoms with Crippen molar-refractivity contribution in [2.45, 2.75) is 0 Å². The smallest absolute Gasteiger partial charge is 0.166 e. The summed E-state index contributed by atoms with van der Waals surface area (Å²) in [6.45, 7) is 0.221. The van der Waals surface area contributed by atoms with Crippen molar-refractivity contribution < 1.29 is 9.79 Å².